The molecule has 0 spiro atoms. The zero-order valence-corrected chi connectivity index (χ0v) is 19.9. The highest BCUT2D eigenvalue weighted by molar-refractivity contribution is 7.51. The minimum absolute atomic E-state index is 0.0583. The lowest BCUT2D eigenvalue weighted by atomic mass is 10.1. The van der Waals surface area contributed by atoms with Crippen molar-refractivity contribution >= 4 is 19.9 Å². The average molecular weight is 523 g/mol. The van der Waals surface area contributed by atoms with Crippen LogP contribution in [0.2, 0.25) is 0 Å². The van der Waals surface area contributed by atoms with E-state index in [0.717, 1.165) is 49.3 Å². The Balaban J connectivity index is 1.67. The van der Waals surface area contributed by atoms with E-state index in [9.17, 15) is 30.2 Å². The number of aliphatic hydroxyl groups is 4. The van der Waals surface area contributed by atoms with Gasteiger partial charge in [-0.25, -0.2) is 24.6 Å². The number of ether oxygens (including phenoxy) is 1. The Morgan fingerprint density at radius 1 is 1.17 bits per heavy atom. The number of unbranched alkanes of at least 4 members (excludes halogenated alkanes) is 5. The fraction of sp³-hybridized carbons (Fsp3) is 0.778. The van der Waals surface area contributed by atoms with Crippen LogP contribution < -0.4 is 22.0 Å². The number of aliphatic imine (C=N–C) groups is 1. The maximum Gasteiger partial charge on any atom is 0.406 e. The number of nitrogens with two attached hydrogens (primary N) is 3. The second-order valence-corrected chi connectivity index (χ2v) is 9.89. The summed E-state index contributed by atoms with van der Waals surface area (Å²) in [4.78, 5) is 7.85. The van der Waals surface area contributed by atoms with Crippen molar-refractivity contribution in [3.05, 3.63) is 12.0 Å². The van der Waals surface area contributed by atoms with Crippen LogP contribution >= 0.6 is 7.75 Å². The molecule has 3 rings (SSSR count). The van der Waals surface area contributed by atoms with Crippen LogP contribution in [0.1, 0.15) is 50.4 Å². The Labute approximate surface area is 201 Å². The second kappa shape index (κ2) is 11.7. The fourth-order valence-electron chi connectivity index (χ4n) is 3.87. The normalized spacial score (nSPS) is 30.1. The maximum absolute atomic E-state index is 12.7. The van der Waals surface area contributed by atoms with E-state index < -0.39 is 44.4 Å². The van der Waals surface area contributed by atoms with Gasteiger partial charge in [-0.1, -0.05) is 25.7 Å². The largest absolute Gasteiger partial charge is 0.406 e. The van der Waals surface area contributed by atoms with E-state index in [-0.39, 0.29) is 18.1 Å². The number of rotatable bonds is 13. The van der Waals surface area contributed by atoms with E-state index in [1.54, 1.807) is 0 Å². The standard InChI is InChI=1S/C18H34N7O9P/c19-7-5-3-1-2-4-6-8-32-35(21,31)34-18(20)14-15(25(30)10-23-18)24(9-22-14)16-12(27)11(26)13(33-16)17(28)29/h9-13,16-17,26-30H,1-8,19-20H2,(H2,21,31)/t11-,12+,13-,16+,18?,35?/m0/s1. The van der Waals surface area contributed by atoms with E-state index >= 15 is 0 Å². The molecule has 11 N–H and O–H groups in total. The molecule has 2 unspecified atom stereocenters. The lowest BCUT2D eigenvalue weighted by Gasteiger charge is -2.32. The van der Waals surface area contributed by atoms with Crippen LogP contribution in [0, 0.1) is 0 Å². The van der Waals surface area contributed by atoms with Crippen molar-refractivity contribution in [2.45, 2.75) is 75.2 Å². The molecular weight excluding hydrogens is 489 g/mol. The summed E-state index contributed by atoms with van der Waals surface area (Å²) >= 11 is 0. The van der Waals surface area contributed by atoms with Crippen molar-refractivity contribution in [3.63, 3.8) is 0 Å². The Bertz CT molecular complexity index is 919. The molecule has 16 nitrogen and oxygen atoms in total. The first-order valence-corrected chi connectivity index (χ1v) is 12.8. The van der Waals surface area contributed by atoms with Gasteiger partial charge in [0.1, 0.15) is 24.7 Å². The van der Waals surface area contributed by atoms with Gasteiger partial charge in [0.2, 0.25) is 0 Å². The predicted octanol–water partition coefficient (Wildman–Crippen LogP) is -1.48. The van der Waals surface area contributed by atoms with Crippen molar-refractivity contribution in [1.82, 2.24) is 9.55 Å². The van der Waals surface area contributed by atoms with Crippen molar-refractivity contribution in [2.75, 3.05) is 18.2 Å². The predicted molar refractivity (Wildman–Crippen MR) is 121 cm³/mol. The smallest absolute Gasteiger partial charge is 0.387 e. The molecule has 0 aliphatic carbocycles. The molecule has 1 saturated heterocycles. The second-order valence-electron chi connectivity index (χ2n) is 8.37. The minimum atomic E-state index is -4.22. The molecule has 17 heteroatoms. The third kappa shape index (κ3) is 6.43. The molecule has 2 aliphatic rings. The van der Waals surface area contributed by atoms with Crippen molar-refractivity contribution in [2.24, 2.45) is 22.0 Å². The Morgan fingerprint density at radius 3 is 2.46 bits per heavy atom. The summed E-state index contributed by atoms with van der Waals surface area (Å²) in [7, 11) is -4.22. The lowest BCUT2D eigenvalue weighted by Crippen LogP contribution is -2.44. The highest BCUT2D eigenvalue weighted by atomic mass is 31.2. The van der Waals surface area contributed by atoms with Crippen LogP contribution in [-0.4, -0.2) is 79.3 Å². The molecule has 0 aromatic carbocycles. The molecular formula is C18H34N7O9P. The van der Waals surface area contributed by atoms with Crippen LogP contribution in [-0.2, 0) is 24.2 Å². The summed E-state index contributed by atoms with van der Waals surface area (Å²) in [5, 5.41) is 49.9. The molecule has 35 heavy (non-hydrogen) atoms. The Hall–Kier alpha value is -1.53. The van der Waals surface area contributed by atoms with Gasteiger partial charge in [-0.15, -0.1) is 0 Å². The molecule has 0 saturated carbocycles. The van der Waals surface area contributed by atoms with Crippen molar-refractivity contribution < 1.29 is 44.0 Å². The van der Waals surface area contributed by atoms with Crippen LogP contribution in [0.5, 0.6) is 0 Å². The zero-order chi connectivity index (χ0) is 25.8. The number of anilines is 1. The minimum Gasteiger partial charge on any atom is -0.387 e. The van der Waals surface area contributed by atoms with E-state index in [4.69, 9.17) is 30.8 Å². The summed E-state index contributed by atoms with van der Waals surface area (Å²) in [5.74, 6) is -2.45. The average Bonchev–Trinajstić information content (AvgIpc) is 3.36. The van der Waals surface area contributed by atoms with Gasteiger partial charge in [-0.05, 0) is 19.4 Å². The first kappa shape index (κ1) is 28.0. The molecule has 200 valence electrons. The SMILES string of the molecule is NCCCCCCCCOP(N)(=O)OC1(N)N=CN(O)c2c1ncn2[C@@H]1O[C@H](C(O)O)[C@@H](O)[C@H]1O. The molecule has 1 aromatic rings. The fourth-order valence-corrected chi connectivity index (χ4v) is 4.83. The molecule has 0 bridgehead atoms. The monoisotopic (exact) mass is 523 g/mol. The third-order valence-corrected chi connectivity index (χ3v) is 6.74. The van der Waals surface area contributed by atoms with E-state index in [1.807, 2.05) is 0 Å². The van der Waals surface area contributed by atoms with Gasteiger partial charge in [0, 0.05) is 0 Å². The number of aromatic nitrogens is 2. The number of hydrogen-bond donors (Lipinski definition) is 8. The highest BCUT2D eigenvalue weighted by Crippen LogP contribution is 2.48. The number of hydroxylamine groups is 1. The van der Waals surface area contributed by atoms with Gasteiger partial charge in [0.15, 0.2) is 24.0 Å². The van der Waals surface area contributed by atoms with Gasteiger partial charge in [0.25, 0.3) is 5.85 Å². The first-order valence-electron chi connectivity index (χ1n) is 11.2. The summed E-state index contributed by atoms with van der Waals surface area (Å²) < 4.78 is 29.7. The van der Waals surface area contributed by atoms with E-state index in [2.05, 4.69) is 9.98 Å². The van der Waals surface area contributed by atoms with Gasteiger partial charge < -0.3 is 30.9 Å². The van der Waals surface area contributed by atoms with Crippen molar-refractivity contribution in [1.29, 1.82) is 0 Å². The maximum atomic E-state index is 12.7. The van der Waals surface area contributed by atoms with Gasteiger partial charge in [-0.3, -0.25) is 20.0 Å². The molecule has 1 aromatic heterocycles. The van der Waals surface area contributed by atoms with Crippen LogP contribution in [0.3, 0.4) is 0 Å². The summed E-state index contributed by atoms with van der Waals surface area (Å²) in [6.45, 7) is 0.722. The first-order chi connectivity index (χ1) is 16.5. The zero-order valence-electron chi connectivity index (χ0n) is 19.0. The number of imidazole rings is 1. The molecule has 2 aliphatic heterocycles. The van der Waals surface area contributed by atoms with Crippen LogP contribution in [0.15, 0.2) is 11.3 Å². The quantitative estimate of drug-likeness (QED) is 0.0833. The number of fused-ring (bicyclic) bond motifs is 1. The number of aliphatic hydroxyl groups excluding tert-OH is 3. The van der Waals surface area contributed by atoms with E-state index in [1.165, 1.54) is 0 Å². The molecule has 3 heterocycles. The highest BCUT2D eigenvalue weighted by Gasteiger charge is 2.50. The Kier molecular flexibility index (Phi) is 9.36. The number of nitrogens with zero attached hydrogens (tertiary/aromatic N) is 4. The molecule has 0 radical (unpaired) electrons. The topological polar surface area (TPSA) is 257 Å². The molecule has 0 amide bonds. The van der Waals surface area contributed by atoms with Crippen LogP contribution in [0.25, 0.3) is 0 Å². The van der Waals surface area contributed by atoms with Gasteiger partial charge >= 0.3 is 7.75 Å². The van der Waals surface area contributed by atoms with Gasteiger partial charge in [0.05, 0.1) is 12.9 Å². The number of hydrogen-bond acceptors (Lipinski definition) is 14. The van der Waals surface area contributed by atoms with Crippen LogP contribution in [0.4, 0.5) is 5.82 Å². The third-order valence-electron chi connectivity index (χ3n) is 5.66. The summed E-state index contributed by atoms with van der Waals surface area (Å²) in [6, 6.07) is 0. The van der Waals surface area contributed by atoms with Gasteiger partial charge in [-0.2, -0.15) is 5.06 Å². The summed E-state index contributed by atoms with van der Waals surface area (Å²) in [6.07, 6.45) is -0.937. The Morgan fingerprint density at radius 2 is 1.83 bits per heavy atom. The molecule has 6 atom stereocenters. The molecule has 1 fully saturated rings. The van der Waals surface area contributed by atoms with Crippen molar-refractivity contribution in [3.8, 4) is 0 Å². The van der Waals surface area contributed by atoms with E-state index in [0.29, 0.717) is 18.0 Å². The summed E-state index contributed by atoms with van der Waals surface area (Å²) in [5.41, 5.74) is 17.1. The lowest BCUT2D eigenvalue weighted by molar-refractivity contribution is -0.167.